The van der Waals surface area contributed by atoms with E-state index in [4.69, 9.17) is 0 Å². The van der Waals surface area contributed by atoms with Gasteiger partial charge in [-0.3, -0.25) is 0 Å². The first-order valence-electron chi connectivity index (χ1n) is 3.06. The van der Waals surface area contributed by atoms with Crippen molar-refractivity contribution in [3.05, 3.63) is 23.9 Å². The molecule has 0 aliphatic rings. The van der Waals surface area contributed by atoms with E-state index in [1.165, 1.54) is 0 Å². The molecular formula is C7H9FN2. The van der Waals surface area contributed by atoms with Crippen molar-refractivity contribution in [1.29, 1.82) is 0 Å². The van der Waals surface area contributed by atoms with Crippen LogP contribution in [0.5, 0.6) is 0 Å². The summed E-state index contributed by atoms with van der Waals surface area (Å²) in [7, 11) is 1.75. The molecule has 0 unspecified atom stereocenters. The molecule has 10 heavy (non-hydrogen) atoms. The molecule has 1 rings (SSSR count). The second-order valence-corrected chi connectivity index (χ2v) is 1.90. The Balaban J connectivity index is 2.87. The first-order valence-corrected chi connectivity index (χ1v) is 3.06. The Labute approximate surface area is 59.1 Å². The maximum Gasteiger partial charge on any atom is 0.132 e. The topological polar surface area (TPSA) is 24.9 Å². The van der Waals surface area contributed by atoms with Crippen LogP contribution in [0.2, 0.25) is 0 Å². The Morgan fingerprint density at radius 2 is 2.40 bits per heavy atom. The molecule has 0 aliphatic heterocycles. The summed E-state index contributed by atoms with van der Waals surface area (Å²) in [4.78, 5) is 3.92. The van der Waals surface area contributed by atoms with E-state index in [1.807, 2.05) is 0 Å². The quantitative estimate of drug-likeness (QED) is 0.674. The van der Waals surface area contributed by atoms with Crippen LogP contribution in [0.3, 0.4) is 0 Å². The van der Waals surface area contributed by atoms with Gasteiger partial charge in [0.25, 0.3) is 0 Å². The van der Waals surface area contributed by atoms with Gasteiger partial charge in [-0.05, 0) is 12.1 Å². The number of nitrogens with zero attached hydrogens (tertiary/aromatic N) is 1. The average molecular weight is 140 g/mol. The maximum atomic E-state index is 12.0. The van der Waals surface area contributed by atoms with Crippen LogP contribution in [-0.2, 0) is 6.67 Å². The highest BCUT2D eigenvalue weighted by atomic mass is 19.1. The molecule has 0 aliphatic carbocycles. The lowest BCUT2D eigenvalue weighted by atomic mass is 10.4. The van der Waals surface area contributed by atoms with Crippen LogP contribution in [0.15, 0.2) is 18.2 Å². The van der Waals surface area contributed by atoms with E-state index in [-0.39, 0.29) is 0 Å². The number of rotatable bonds is 2. The van der Waals surface area contributed by atoms with Gasteiger partial charge in [-0.2, -0.15) is 0 Å². The smallest absolute Gasteiger partial charge is 0.132 e. The summed E-state index contributed by atoms with van der Waals surface area (Å²) in [5.74, 6) is 0.704. The van der Waals surface area contributed by atoms with Crippen molar-refractivity contribution < 1.29 is 4.39 Å². The fourth-order valence-electron chi connectivity index (χ4n) is 0.693. The van der Waals surface area contributed by atoms with Gasteiger partial charge in [-0.25, -0.2) is 9.37 Å². The van der Waals surface area contributed by atoms with Crippen LogP contribution < -0.4 is 5.32 Å². The summed E-state index contributed by atoms with van der Waals surface area (Å²) in [6, 6.07) is 5.22. The Bertz CT molecular complexity index is 193. The van der Waals surface area contributed by atoms with Crippen molar-refractivity contribution in [2.45, 2.75) is 6.67 Å². The van der Waals surface area contributed by atoms with E-state index < -0.39 is 6.67 Å². The predicted molar refractivity (Wildman–Crippen MR) is 38.6 cm³/mol. The normalized spacial score (nSPS) is 9.40. The molecule has 1 heterocycles. The summed E-state index contributed by atoms with van der Waals surface area (Å²) >= 11 is 0. The minimum Gasteiger partial charge on any atom is -0.373 e. The number of nitrogens with one attached hydrogen (secondary N) is 1. The SMILES string of the molecule is CNc1cccc(CF)n1. The number of hydrogen-bond donors (Lipinski definition) is 1. The summed E-state index contributed by atoms with van der Waals surface area (Å²) < 4.78 is 12.0. The molecular weight excluding hydrogens is 131 g/mol. The lowest BCUT2D eigenvalue weighted by Crippen LogP contribution is -1.93. The summed E-state index contributed by atoms with van der Waals surface area (Å²) in [5.41, 5.74) is 0.465. The molecule has 0 aromatic carbocycles. The monoisotopic (exact) mass is 140 g/mol. The highest BCUT2D eigenvalue weighted by Gasteiger charge is 1.92. The molecule has 54 valence electrons. The second kappa shape index (κ2) is 3.15. The van der Waals surface area contributed by atoms with Crippen LogP contribution in [0.25, 0.3) is 0 Å². The minimum absolute atomic E-state index is 0.465. The Morgan fingerprint density at radius 3 is 3.00 bits per heavy atom. The average Bonchev–Trinajstić information content (AvgIpc) is 2.05. The fourth-order valence-corrected chi connectivity index (χ4v) is 0.693. The summed E-state index contributed by atoms with van der Waals surface area (Å²) in [6.07, 6.45) is 0. The Hall–Kier alpha value is -1.12. The van der Waals surface area contributed by atoms with E-state index >= 15 is 0 Å². The highest BCUT2D eigenvalue weighted by molar-refractivity contribution is 5.33. The van der Waals surface area contributed by atoms with Gasteiger partial charge in [0.1, 0.15) is 12.5 Å². The molecule has 1 N–H and O–H groups in total. The lowest BCUT2D eigenvalue weighted by Gasteiger charge is -1.98. The molecule has 0 saturated carbocycles. The number of halogens is 1. The largest absolute Gasteiger partial charge is 0.373 e. The lowest BCUT2D eigenvalue weighted by molar-refractivity contribution is 0.476. The van der Waals surface area contributed by atoms with Gasteiger partial charge in [0.05, 0.1) is 5.69 Å². The predicted octanol–water partition coefficient (Wildman–Crippen LogP) is 1.59. The molecule has 0 spiro atoms. The second-order valence-electron chi connectivity index (χ2n) is 1.90. The first-order chi connectivity index (χ1) is 4.86. The van der Waals surface area contributed by atoms with E-state index in [1.54, 1.807) is 25.2 Å². The van der Waals surface area contributed by atoms with Crippen LogP contribution in [-0.4, -0.2) is 12.0 Å². The van der Waals surface area contributed by atoms with Crippen molar-refractivity contribution in [2.75, 3.05) is 12.4 Å². The third kappa shape index (κ3) is 1.43. The van der Waals surface area contributed by atoms with Crippen LogP contribution in [0.4, 0.5) is 10.2 Å². The molecule has 2 nitrogen and oxygen atoms in total. The zero-order chi connectivity index (χ0) is 7.40. The van der Waals surface area contributed by atoms with Crippen molar-refractivity contribution in [3.63, 3.8) is 0 Å². The van der Waals surface area contributed by atoms with Crippen LogP contribution >= 0.6 is 0 Å². The zero-order valence-electron chi connectivity index (χ0n) is 5.76. The van der Waals surface area contributed by atoms with E-state index in [9.17, 15) is 4.39 Å². The van der Waals surface area contributed by atoms with Crippen molar-refractivity contribution in [2.24, 2.45) is 0 Å². The summed E-state index contributed by atoms with van der Waals surface area (Å²) in [5, 5.41) is 2.82. The number of hydrogen-bond acceptors (Lipinski definition) is 2. The third-order valence-electron chi connectivity index (χ3n) is 1.20. The molecule has 0 amide bonds. The molecule has 0 radical (unpaired) electrons. The standard InChI is InChI=1S/C7H9FN2/c1-9-7-4-2-3-6(5-8)10-7/h2-4H,5H2,1H3,(H,9,10). The van der Waals surface area contributed by atoms with Gasteiger partial charge in [0, 0.05) is 7.05 Å². The van der Waals surface area contributed by atoms with Crippen molar-refractivity contribution in [3.8, 4) is 0 Å². The van der Waals surface area contributed by atoms with Crippen molar-refractivity contribution >= 4 is 5.82 Å². The molecule has 1 aromatic rings. The molecule has 3 heteroatoms. The fraction of sp³-hybridized carbons (Fsp3) is 0.286. The number of aromatic nitrogens is 1. The zero-order valence-corrected chi connectivity index (χ0v) is 5.76. The molecule has 1 aromatic heterocycles. The highest BCUT2D eigenvalue weighted by Crippen LogP contribution is 2.03. The van der Waals surface area contributed by atoms with E-state index in [2.05, 4.69) is 10.3 Å². The van der Waals surface area contributed by atoms with Gasteiger partial charge in [-0.1, -0.05) is 6.07 Å². The number of pyridine rings is 1. The van der Waals surface area contributed by atoms with Crippen molar-refractivity contribution in [1.82, 2.24) is 4.98 Å². The van der Waals surface area contributed by atoms with Gasteiger partial charge in [0.15, 0.2) is 0 Å². The Kier molecular flexibility index (Phi) is 2.20. The van der Waals surface area contributed by atoms with E-state index in [0.29, 0.717) is 11.5 Å². The van der Waals surface area contributed by atoms with Gasteiger partial charge in [0.2, 0.25) is 0 Å². The Morgan fingerprint density at radius 1 is 1.60 bits per heavy atom. The van der Waals surface area contributed by atoms with Gasteiger partial charge in [-0.15, -0.1) is 0 Å². The van der Waals surface area contributed by atoms with E-state index in [0.717, 1.165) is 0 Å². The number of anilines is 1. The maximum absolute atomic E-state index is 12.0. The molecule has 0 atom stereocenters. The van der Waals surface area contributed by atoms with Gasteiger partial charge >= 0.3 is 0 Å². The van der Waals surface area contributed by atoms with Crippen LogP contribution in [0, 0.1) is 0 Å². The van der Waals surface area contributed by atoms with Gasteiger partial charge < -0.3 is 5.32 Å². The summed E-state index contributed by atoms with van der Waals surface area (Å²) in [6.45, 7) is -0.504. The van der Waals surface area contributed by atoms with Crippen LogP contribution in [0.1, 0.15) is 5.69 Å². The molecule has 0 fully saturated rings. The molecule has 0 bridgehead atoms. The third-order valence-corrected chi connectivity index (χ3v) is 1.20. The first kappa shape index (κ1) is 6.99. The number of alkyl halides is 1. The minimum atomic E-state index is -0.504. The molecule has 0 saturated heterocycles.